The molecular formula is C13H17ClFN. The van der Waals surface area contributed by atoms with Gasteiger partial charge in [-0.2, -0.15) is 0 Å². The summed E-state index contributed by atoms with van der Waals surface area (Å²) in [6.45, 7) is 0. The molecule has 0 saturated heterocycles. The molecule has 16 heavy (non-hydrogen) atoms. The lowest BCUT2D eigenvalue weighted by Gasteiger charge is -2.17. The summed E-state index contributed by atoms with van der Waals surface area (Å²) < 4.78 is 13.7. The lowest BCUT2D eigenvalue weighted by molar-refractivity contribution is 0.440. The molecule has 0 aromatic heterocycles. The summed E-state index contributed by atoms with van der Waals surface area (Å²) in [5.74, 6) is 0.308. The molecule has 1 saturated carbocycles. The lowest BCUT2D eigenvalue weighted by Crippen LogP contribution is -2.15. The molecule has 0 aliphatic heterocycles. The summed E-state index contributed by atoms with van der Waals surface area (Å²) in [6, 6.07) is 4.83. The van der Waals surface area contributed by atoms with Gasteiger partial charge in [-0.15, -0.1) is 0 Å². The lowest BCUT2D eigenvalue weighted by atomic mass is 9.94. The number of benzene rings is 1. The Labute approximate surface area is 101 Å². The highest BCUT2D eigenvalue weighted by Crippen LogP contribution is 2.33. The Bertz CT molecular complexity index is 361. The van der Waals surface area contributed by atoms with Crippen molar-refractivity contribution in [3.05, 3.63) is 34.6 Å². The largest absolute Gasteiger partial charge is 0.324 e. The summed E-state index contributed by atoms with van der Waals surface area (Å²) in [5, 5.41) is 0.166. The van der Waals surface area contributed by atoms with E-state index in [-0.39, 0.29) is 16.9 Å². The topological polar surface area (TPSA) is 26.0 Å². The zero-order valence-corrected chi connectivity index (χ0v) is 10.0. The van der Waals surface area contributed by atoms with Crippen LogP contribution in [-0.4, -0.2) is 0 Å². The normalized spacial score (nSPS) is 18.9. The van der Waals surface area contributed by atoms with E-state index in [1.54, 1.807) is 18.2 Å². The molecule has 1 aliphatic rings. The van der Waals surface area contributed by atoms with Crippen molar-refractivity contribution in [2.24, 2.45) is 11.7 Å². The van der Waals surface area contributed by atoms with Gasteiger partial charge in [-0.3, -0.25) is 0 Å². The fraction of sp³-hybridized carbons (Fsp3) is 0.538. The highest BCUT2D eigenvalue weighted by Gasteiger charge is 2.21. The molecule has 0 radical (unpaired) electrons. The van der Waals surface area contributed by atoms with Crippen LogP contribution in [0.25, 0.3) is 0 Å². The minimum atomic E-state index is -0.352. The van der Waals surface area contributed by atoms with Crippen LogP contribution in [0.2, 0.25) is 5.02 Å². The highest BCUT2D eigenvalue weighted by molar-refractivity contribution is 6.30. The standard InChI is InChI=1S/C13H17ClFN/c14-11-7-3-6-10(13(11)15)12(16)8-9-4-1-2-5-9/h3,6-7,9,12H,1-2,4-5,8,16H2. The van der Waals surface area contributed by atoms with Crippen molar-refractivity contribution in [2.75, 3.05) is 0 Å². The van der Waals surface area contributed by atoms with E-state index in [2.05, 4.69) is 0 Å². The van der Waals surface area contributed by atoms with Gasteiger partial charge in [-0.25, -0.2) is 4.39 Å². The third-order valence-electron chi connectivity index (χ3n) is 3.44. The number of hydrogen-bond donors (Lipinski definition) is 1. The zero-order chi connectivity index (χ0) is 11.5. The summed E-state index contributed by atoms with van der Waals surface area (Å²) in [4.78, 5) is 0. The molecule has 0 amide bonds. The van der Waals surface area contributed by atoms with Gasteiger partial charge in [0.25, 0.3) is 0 Å². The Morgan fingerprint density at radius 1 is 1.38 bits per heavy atom. The van der Waals surface area contributed by atoms with Gasteiger partial charge in [-0.1, -0.05) is 49.4 Å². The maximum absolute atomic E-state index is 13.7. The second kappa shape index (κ2) is 5.15. The van der Waals surface area contributed by atoms with Crippen LogP contribution in [0, 0.1) is 11.7 Å². The van der Waals surface area contributed by atoms with E-state index in [9.17, 15) is 4.39 Å². The first-order valence-electron chi connectivity index (χ1n) is 5.88. The van der Waals surface area contributed by atoms with Gasteiger partial charge in [0.1, 0.15) is 5.82 Å². The van der Waals surface area contributed by atoms with Gasteiger partial charge in [0, 0.05) is 11.6 Å². The monoisotopic (exact) mass is 241 g/mol. The van der Waals surface area contributed by atoms with Crippen LogP contribution in [0.15, 0.2) is 18.2 Å². The van der Waals surface area contributed by atoms with Crippen molar-refractivity contribution in [3.63, 3.8) is 0 Å². The van der Waals surface area contributed by atoms with E-state index in [1.165, 1.54) is 25.7 Å². The van der Waals surface area contributed by atoms with Gasteiger partial charge in [-0.05, 0) is 18.4 Å². The summed E-state index contributed by atoms with van der Waals surface area (Å²) in [5.41, 5.74) is 6.60. The van der Waals surface area contributed by atoms with E-state index in [1.807, 2.05) is 0 Å². The first kappa shape index (κ1) is 11.9. The van der Waals surface area contributed by atoms with Gasteiger partial charge >= 0.3 is 0 Å². The highest BCUT2D eigenvalue weighted by atomic mass is 35.5. The maximum atomic E-state index is 13.7. The molecule has 1 nitrogen and oxygen atoms in total. The Kier molecular flexibility index (Phi) is 3.82. The molecule has 0 spiro atoms. The Morgan fingerprint density at radius 2 is 2.06 bits per heavy atom. The molecule has 2 rings (SSSR count). The first-order chi connectivity index (χ1) is 7.68. The molecule has 1 aliphatic carbocycles. The molecule has 1 aromatic carbocycles. The molecule has 3 heteroatoms. The Balaban J connectivity index is 2.07. The second-order valence-electron chi connectivity index (χ2n) is 4.64. The van der Waals surface area contributed by atoms with Crippen LogP contribution in [0.5, 0.6) is 0 Å². The number of hydrogen-bond acceptors (Lipinski definition) is 1. The van der Waals surface area contributed by atoms with Crippen molar-refractivity contribution in [1.82, 2.24) is 0 Å². The number of nitrogens with two attached hydrogens (primary N) is 1. The molecule has 1 fully saturated rings. The molecule has 2 N–H and O–H groups in total. The van der Waals surface area contributed by atoms with Gasteiger partial charge in [0.05, 0.1) is 5.02 Å². The Morgan fingerprint density at radius 3 is 2.75 bits per heavy atom. The quantitative estimate of drug-likeness (QED) is 0.849. The molecule has 1 aromatic rings. The van der Waals surface area contributed by atoms with Crippen LogP contribution in [0.3, 0.4) is 0 Å². The predicted molar refractivity (Wildman–Crippen MR) is 64.9 cm³/mol. The molecular weight excluding hydrogens is 225 g/mol. The summed E-state index contributed by atoms with van der Waals surface area (Å²) >= 11 is 5.74. The van der Waals surface area contributed by atoms with Crippen LogP contribution in [-0.2, 0) is 0 Å². The van der Waals surface area contributed by atoms with Gasteiger partial charge < -0.3 is 5.73 Å². The second-order valence-corrected chi connectivity index (χ2v) is 5.04. The van der Waals surface area contributed by atoms with Crippen molar-refractivity contribution >= 4 is 11.6 Å². The average Bonchev–Trinajstić information content (AvgIpc) is 2.74. The van der Waals surface area contributed by atoms with Crippen molar-refractivity contribution < 1.29 is 4.39 Å². The van der Waals surface area contributed by atoms with E-state index in [0.29, 0.717) is 11.5 Å². The minimum Gasteiger partial charge on any atom is -0.324 e. The molecule has 1 unspecified atom stereocenters. The fourth-order valence-electron chi connectivity index (χ4n) is 2.54. The van der Waals surface area contributed by atoms with Crippen LogP contribution in [0.1, 0.15) is 43.7 Å². The third-order valence-corrected chi connectivity index (χ3v) is 3.73. The Hall–Kier alpha value is -0.600. The van der Waals surface area contributed by atoms with Crippen molar-refractivity contribution in [1.29, 1.82) is 0 Å². The smallest absolute Gasteiger partial charge is 0.146 e. The first-order valence-corrected chi connectivity index (χ1v) is 6.25. The molecule has 88 valence electrons. The molecule has 0 heterocycles. The van der Waals surface area contributed by atoms with E-state index < -0.39 is 0 Å². The third kappa shape index (κ3) is 2.55. The maximum Gasteiger partial charge on any atom is 0.146 e. The summed E-state index contributed by atoms with van der Waals surface area (Å²) in [6.07, 6.45) is 5.91. The zero-order valence-electron chi connectivity index (χ0n) is 9.26. The average molecular weight is 242 g/mol. The fourth-order valence-corrected chi connectivity index (χ4v) is 2.72. The number of rotatable bonds is 3. The van der Waals surface area contributed by atoms with Gasteiger partial charge in [0.15, 0.2) is 0 Å². The van der Waals surface area contributed by atoms with Crippen molar-refractivity contribution in [3.8, 4) is 0 Å². The number of halogens is 2. The van der Waals surface area contributed by atoms with Crippen LogP contribution in [0.4, 0.5) is 4.39 Å². The van der Waals surface area contributed by atoms with Crippen LogP contribution >= 0.6 is 11.6 Å². The SMILES string of the molecule is NC(CC1CCCC1)c1cccc(Cl)c1F. The van der Waals surface area contributed by atoms with Crippen LogP contribution < -0.4 is 5.73 Å². The predicted octanol–water partition coefficient (Wildman–Crippen LogP) is 4.06. The summed E-state index contributed by atoms with van der Waals surface area (Å²) in [7, 11) is 0. The van der Waals surface area contributed by atoms with Crippen molar-refractivity contribution in [2.45, 2.75) is 38.1 Å². The minimum absolute atomic E-state index is 0.166. The van der Waals surface area contributed by atoms with E-state index in [0.717, 1.165) is 6.42 Å². The van der Waals surface area contributed by atoms with E-state index >= 15 is 0 Å². The van der Waals surface area contributed by atoms with E-state index in [4.69, 9.17) is 17.3 Å². The van der Waals surface area contributed by atoms with Gasteiger partial charge in [0.2, 0.25) is 0 Å². The molecule has 0 bridgehead atoms. The molecule has 1 atom stereocenters.